The zero-order valence-electron chi connectivity index (χ0n) is 10.4. The number of amides is 1. The maximum atomic E-state index is 12.1. The van der Waals surface area contributed by atoms with Crippen molar-refractivity contribution < 1.29 is 9.32 Å². The van der Waals surface area contributed by atoms with Crippen LogP contribution in [0.1, 0.15) is 16.1 Å². The van der Waals surface area contributed by atoms with E-state index in [0.29, 0.717) is 22.0 Å². The molecule has 0 unspecified atom stereocenters. The first-order valence-corrected chi connectivity index (χ1v) is 5.82. The molecule has 0 saturated carbocycles. The Labute approximate surface area is 110 Å². The summed E-state index contributed by atoms with van der Waals surface area (Å²) in [6.45, 7) is 1.73. The maximum absolute atomic E-state index is 12.1. The van der Waals surface area contributed by atoms with Crippen LogP contribution in [0.4, 0.5) is 0 Å². The second-order valence-electron chi connectivity index (χ2n) is 4.17. The minimum atomic E-state index is -0.126. The van der Waals surface area contributed by atoms with Crippen molar-refractivity contribution in [3.63, 3.8) is 0 Å². The molecule has 2 aromatic rings. The smallest absolute Gasteiger partial charge is 0.259 e. The van der Waals surface area contributed by atoms with Crippen LogP contribution in [-0.4, -0.2) is 30.1 Å². The lowest BCUT2D eigenvalue weighted by molar-refractivity contribution is 0.0826. The lowest BCUT2D eigenvalue weighted by atomic mass is 10.1. The third-order valence-electron chi connectivity index (χ3n) is 2.60. The summed E-state index contributed by atoms with van der Waals surface area (Å²) < 4.78 is 5.12. The highest BCUT2D eigenvalue weighted by atomic mass is 35.5. The molecule has 5 heteroatoms. The molecule has 1 heterocycles. The number of rotatable bonds is 2. The number of hydrogen-bond acceptors (Lipinski definition) is 3. The van der Waals surface area contributed by atoms with Crippen molar-refractivity contribution in [2.75, 3.05) is 14.1 Å². The van der Waals surface area contributed by atoms with Gasteiger partial charge in [-0.15, -0.1) is 0 Å². The fourth-order valence-corrected chi connectivity index (χ4v) is 1.78. The van der Waals surface area contributed by atoms with Gasteiger partial charge in [0.2, 0.25) is 0 Å². The zero-order valence-corrected chi connectivity index (χ0v) is 11.2. The van der Waals surface area contributed by atoms with Gasteiger partial charge in [0.25, 0.3) is 5.91 Å². The third-order valence-corrected chi connectivity index (χ3v) is 2.85. The largest absolute Gasteiger partial charge is 0.360 e. The molecule has 18 heavy (non-hydrogen) atoms. The number of halogens is 1. The lowest BCUT2D eigenvalue weighted by Crippen LogP contribution is -2.22. The van der Waals surface area contributed by atoms with Crippen LogP contribution in [0.25, 0.3) is 11.3 Å². The van der Waals surface area contributed by atoms with Crippen LogP contribution >= 0.6 is 11.6 Å². The quantitative estimate of drug-likeness (QED) is 0.838. The van der Waals surface area contributed by atoms with Crippen LogP contribution in [0, 0.1) is 6.92 Å². The Kier molecular flexibility index (Phi) is 3.39. The van der Waals surface area contributed by atoms with Crippen molar-refractivity contribution in [2.45, 2.75) is 6.92 Å². The van der Waals surface area contributed by atoms with E-state index in [4.69, 9.17) is 16.1 Å². The van der Waals surface area contributed by atoms with Gasteiger partial charge >= 0.3 is 0 Å². The van der Waals surface area contributed by atoms with Gasteiger partial charge in [-0.3, -0.25) is 4.79 Å². The van der Waals surface area contributed by atoms with Gasteiger partial charge in [0.1, 0.15) is 17.0 Å². The molecule has 4 nitrogen and oxygen atoms in total. The van der Waals surface area contributed by atoms with E-state index in [1.807, 2.05) is 12.1 Å². The van der Waals surface area contributed by atoms with Crippen LogP contribution in [0.5, 0.6) is 0 Å². The number of carbonyl (C=O) groups is 1. The molecule has 0 aliphatic rings. The minimum absolute atomic E-state index is 0.126. The molecule has 0 radical (unpaired) electrons. The van der Waals surface area contributed by atoms with E-state index in [1.54, 1.807) is 33.2 Å². The molecule has 2 rings (SSSR count). The minimum Gasteiger partial charge on any atom is -0.360 e. The first kappa shape index (κ1) is 12.6. The fraction of sp³-hybridized carbons (Fsp3) is 0.231. The Balaban J connectivity index is 2.52. The van der Waals surface area contributed by atoms with Gasteiger partial charge in [-0.1, -0.05) is 28.9 Å². The van der Waals surface area contributed by atoms with Crippen LogP contribution in [0.3, 0.4) is 0 Å². The fourth-order valence-electron chi connectivity index (χ4n) is 1.65. The van der Waals surface area contributed by atoms with E-state index < -0.39 is 0 Å². The van der Waals surface area contributed by atoms with Crippen molar-refractivity contribution in [1.82, 2.24) is 10.1 Å². The number of benzene rings is 1. The number of carbonyl (C=O) groups excluding carboxylic acids is 1. The average molecular weight is 265 g/mol. The van der Waals surface area contributed by atoms with Crippen LogP contribution in [0.15, 0.2) is 28.8 Å². The summed E-state index contributed by atoms with van der Waals surface area (Å²) in [5.41, 5.74) is 1.84. The summed E-state index contributed by atoms with van der Waals surface area (Å²) in [5.74, 6) is 0.386. The molecule has 0 aliphatic carbocycles. The normalized spacial score (nSPS) is 10.4. The van der Waals surface area contributed by atoms with Gasteiger partial charge in [-0.25, -0.2) is 0 Å². The van der Waals surface area contributed by atoms with Crippen molar-refractivity contribution in [3.05, 3.63) is 40.6 Å². The third kappa shape index (κ3) is 2.24. The molecule has 0 N–H and O–H groups in total. The Morgan fingerprint density at radius 1 is 1.28 bits per heavy atom. The van der Waals surface area contributed by atoms with Gasteiger partial charge in [0, 0.05) is 24.7 Å². The van der Waals surface area contributed by atoms with Crippen molar-refractivity contribution >= 4 is 17.5 Å². The highest BCUT2D eigenvalue weighted by molar-refractivity contribution is 6.30. The summed E-state index contributed by atoms with van der Waals surface area (Å²) in [5, 5.41) is 4.59. The molecular formula is C13H13ClN2O2. The first-order valence-electron chi connectivity index (χ1n) is 5.44. The molecule has 1 aromatic heterocycles. The maximum Gasteiger partial charge on any atom is 0.259 e. The van der Waals surface area contributed by atoms with E-state index in [9.17, 15) is 4.79 Å². The summed E-state index contributed by atoms with van der Waals surface area (Å²) in [6, 6.07) is 7.13. The van der Waals surface area contributed by atoms with Crippen molar-refractivity contribution in [3.8, 4) is 11.3 Å². The molecule has 0 spiro atoms. The Bertz CT molecular complexity index is 573. The monoisotopic (exact) mass is 264 g/mol. The predicted molar refractivity (Wildman–Crippen MR) is 69.7 cm³/mol. The standard InChI is InChI=1S/C13H13ClN2O2/c1-8-11(13(17)16(2)3)12(15-18-8)9-4-6-10(14)7-5-9/h4-7H,1-3H3. The molecule has 0 bridgehead atoms. The lowest BCUT2D eigenvalue weighted by Gasteiger charge is -2.10. The number of hydrogen-bond donors (Lipinski definition) is 0. The molecule has 0 aliphatic heterocycles. The van der Waals surface area contributed by atoms with Crippen LogP contribution in [-0.2, 0) is 0 Å². The summed E-state index contributed by atoms with van der Waals surface area (Å²) >= 11 is 5.84. The number of nitrogens with zero attached hydrogens (tertiary/aromatic N) is 2. The first-order chi connectivity index (χ1) is 8.50. The Morgan fingerprint density at radius 2 is 1.89 bits per heavy atom. The van der Waals surface area contributed by atoms with Gasteiger partial charge in [0.05, 0.1) is 0 Å². The van der Waals surface area contributed by atoms with E-state index in [2.05, 4.69) is 5.16 Å². The topological polar surface area (TPSA) is 46.3 Å². The van der Waals surface area contributed by atoms with E-state index in [0.717, 1.165) is 5.56 Å². The Morgan fingerprint density at radius 3 is 2.44 bits per heavy atom. The number of aryl methyl sites for hydroxylation is 1. The van der Waals surface area contributed by atoms with Crippen molar-refractivity contribution in [2.24, 2.45) is 0 Å². The zero-order chi connectivity index (χ0) is 13.3. The summed E-state index contributed by atoms with van der Waals surface area (Å²) in [6.07, 6.45) is 0. The van der Waals surface area contributed by atoms with Gasteiger partial charge < -0.3 is 9.42 Å². The predicted octanol–water partition coefficient (Wildman–Crippen LogP) is 3.01. The summed E-state index contributed by atoms with van der Waals surface area (Å²) in [7, 11) is 3.39. The molecule has 0 fully saturated rings. The van der Waals surface area contributed by atoms with E-state index in [-0.39, 0.29) is 5.91 Å². The van der Waals surface area contributed by atoms with Gasteiger partial charge in [-0.05, 0) is 19.1 Å². The molecule has 0 atom stereocenters. The van der Waals surface area contributed by atoms with E-state index >= 15 is 0 Å². The highest BCUT2D eigenvalue weighted by Gasteiger charge is 2.22. The molecule has 1 aromatic carbocycles. The SMILES string of the molecule is Cc1onc(-c2ccc(Cl)cc2)c1C(=O)N(C)C. The van der Waals surface area contributed by atoms with Gasteiger partial charge in [-0.2, -0.15) is 0 Å². The average Bonchev–Trinajstić information content (AvgIpc) is 2.71. The highest BCUT2D eigenvalue weighted by Crippen LogP contribution is 2.27. The van der Waals surface area contributed by atoms with Gasteiger partial charge in [0.15, 0.2) is 0 Å². The second kappa shape index (κ2) is 4.82. The van der Waals surface area contributed by atoms with Crippen LogP contribution < -0.4 is 0 Å². The summed E-state index contributed by atoms with van der Waals surface area (Å²) in [4.78, 5) is 13.6. The second-order valence-corrected chi connectivity index (χ2v) is 4.61. The Hall–Kier alpha value is -1.81. The van der Waals surface area contributed by atoms with E-state index in [1.165, 1.54) is 4.90 Å². The molecular weight excluding hydrogens is 252 g/mol. The van der Waals surface area contributed by atoms with Crippen molar-refractivity contribution in [1.29, 1.82) is 0 Å². The number of aromatic nitrogens is 1. The molecule has 1 amide bonds. The van der Waals surface area contributed by atoms with Crippen LogP contribution in [0.2, 0.25) is 5.02 Å². The molecule has 94 valence electrons. The molecule has 0 saturated heterocycles.